The molecule has 2 N–H and O–H groups in total. The van der Waals surface area contributed by atoms with Crippen LogP contribution in [-0.2, 0) is 11.3 Å². The highest BCUT2D eigenvalue weighted by Gasteiger charge is 2.20. The van der Waals surface area contributed by atoms with Gasteiger partial charge in [0.15, 0.2) is 11.5 Å². The van der Waals surface area contributed by atoms with E-state index in [4.69, 9.17) is 9.47 Å². The van der Waals surface area contributed by atoms with Gasteiger partial charge in [0.05, 0.1) is 13.2 Å². The standard InChI is InChI=1S/C20H25N3O3.2ClH/c1-2-25-17-5-3-4-6-18(17)26-20-10-9-16(13-23-20)12-22-19(24)14-21-11-15-7-8-15;;/h3-6,9-10,13,15,21H,2,7-8,11-12,14H2,1H3,(H,22,24);2*1H. The molecular formula is C20H27Cl2N3O3. The highest BCUT2D eigenvalue weighted by Crippen LogP contribution is 2.30. The van der Waals surface area contributed by atoms with Gasteiger partial charge in [-0.25, -0.2) is 4.98 Å². The number of halogens is 2. The van der Waals surface area contributed by atoms with Gasteiger partial charge in [0.1, 0.15) is 0 Å². The summed E-state index contributed by atoms with van der Waals surface area (Å²) in [6, 6.07) is 11.2. The number of benzene rings is 1. The first kappa shape index (κ1) is 24.0. The summed E-state index contributed by atoms with van der Waals surface area (Å²) in [7, 11) is 0. The highest BCUT2D eigenvalue weighted by atomic mass is 35.5. The van der Waals surface area contributed by atoms with Crippen LogP contribution in [0.15, 0.2) is 42.6 Å². The first-order valence-electron chi connectivity index (χ1n) is 9.06. The van der Waals surface area contributed by atoms with Crippen molar-refractivity contribution in [3.05, 3.63) is 48.2 Å². The predicted octanol–water partition coefficient (Wildman–Crippen LogP) is 3.73. The molecule has 1 saturated carbocycles. The Morgan fingerprint density at radius 2 is 1.89 bits per heavy atom. The first-order chi connectivity index (χ1) is 12.7. The van der Waals surface area contributed by atoms with E-state index in [-0.39, 0.29) is 30.7 Å². The van der Waals surface area contributed by atoms with Gasteiger partial charge in [-0.1, -0.05) is 18.2 Å². The molecule has 1 aliphatic rings. The number of ether oxygens (including phenoxy) is 2. The zero-order valence-corrected chi connectivity index (χ0v) is 17.5. The maximum atomic E-state index is 11.8. The number of carbonyl (C=O) groups is 1. The minimum absolute atomic E-state index is 0. The zero-order valence-electron chi connectivity index (χ0n) is 15.8. The van der Waals surface area contributed by atoms with Crippen molar-refractivity contribution >= 4 is 30.7 Å². The Morgan fingerprint density at radius 3 is 2.54 bits per heavy atom. The maximum Gasteiger partial charge on any atom is 0.234 e. The van der Waals surface area contributed by atoms with E-state index < -0.39 is 0 Å². The van der Waals surface area contributed by atoms with E-state index in [1.165, 1.54) is 12.8 Å². The minimum Gasteiger partial charge on any atom is -0.490 e. The van der Waals surface area contributed by atoms with Gasteiger partial charge >= 0.3 is 0 Å². The van der Waals surface area contributed by atoms with Crippen molar-refractivity contribution in [1.29, 1.82) is 0 Å². The number of carbonyl (C=O) groups excluding carboxylic acids is 1. The number of para-hydroxylation sites is 2. The van der Waals surface area contributed by atoms with E-state index in [9.17, 15) is 4.79 Å². The van der Waals surface area contributed by atoms with Crippen LogP contribution >= 0.6 is 24.8 Å². The second kappa shape index (κ2) is 12.4. The van der Waals surface area contributed by atoms with Crippen molar-refractivity contribution in [2.45, 2.75) is 26.3 Å². The second-order valence-electron chi connectivity index (χ2n) is 6.34. The van der Waals surface area contributed by atoms with Crippen LogP contribution in [0.25, 0.3) is 0 Å². The van der Waals surface area contributed by atoms with Gasteiger partial charge in [-0.3, -0.25) is 4.79 Å². The Balaban J connectivity index is 0.00000196. The molecule has 1 aromatic carbocycles. The molecule has 2 aromatic rings. The zero-order chi connectivity index (χ0) is 18.2. The Kier molecular flexibility index (Phi) is 10.7. The maximum absolute atomic E-state index is 11.8. The molecular weight excluding hydrogens is 401 g/mol. The topological polar surface area (TPSA) is 72.5 Å². The molecule has 0 spiro atoms. The average molecular weight is 428 g/mol. The minimum atomic E-state index is -0.00313. The largest absolute Gasteiger partial charge is 0.490 e. The average Bonchev–Trinajstić information content (AvgIpc) is 3.47. The summed E-state index contributed by atoms with van der Waals surface area (Å²) in [5, 5.41) is 6.06. The van der Waals surface area contributed by atoms with Crippen molar-refractivity contribution in [3.8, 4) is 17.4 Å². The highest BCUT2D eigenvalue weighted by molar-refractivity contribution is 5.85. The van der Waals surface area contributed by atoms with Crippen molar-refractivity contribution < 1.29 is 14.3 Å². The van der Waals surface area contributed by atoms with Gasteiger partial charge in [0, 0.05) is 18.8 Å². The van der Waals surface area contributed by atoms with E-state index in [1.54, 1.807) is 12.3 Å². The third-order valence-electron chi connectivity index (χ3n) is 4.07. The molecule has 8 heteroatoms. The monoisotopic (exact) mass is 427 g/mol. The lowest BCUT2D eigenvalue weighted by Crippen LogP contribution is -2.34. The third kappa shape index (κ3) is 7.92. The van der Waals surface area contributed by atoms with Gasteiger partial charge in [0.2, 0.25) is 11.8 Å². The molecule has 1 aliphatic carbocycles. The van der Waals surface area contributed by atoms with Gasteiger partial charge in [-0.2, -0.15) is 0 Å². The van der Waals surface area contributed by atoms with E-state index in [2.05, 4.69) is 15.6 Å². The summed E-state index contributed by atoms with van der Waals surface area (Å²) in [6.07, 6.45) is 4.27. The number of hydrogen-bond acceptors (Lipinski definition) is 5. The van der Waals surface area contributed by atoms with Crippen LogP contribution in [0.1, 0.15) is 25.3 Å². The SMILES string of the molecule is CCOc1ccccc1Oc1ccc(CNC(=O)CNCC2CC2)cn1.Cl.Cl. The first-order valence-corrected chi connectivity index (χ1v) is 9.06. The Bertz CT molecular complexity index is 725. The van der Waals surface area contributed by atoms with E-state index in [1.807, 2.05) is 37.3 Å². The lowest BCUT2D eigenvalue weighted by atomic mass is 10.3. The van der Waals surface area contributed by atoms with Gasteiger partial charge in [0.25, 0.3) is 0 Å². The molecule has 0 unspecified atom stereocenters. The van der Waals surface area contributed by atoms with Crippen LogP contribution in [0, 0.1) is 5.92 Å². The van der Waals surface area contributed by atoms with Crippen molar-refractivity contribution in [1.82, 2.24) is 15.6 Å². The van der Waals surface area contributed by atoms with Crippen molar-refractivity contribution in [3.63, 3.8) is 0 Å². The van der Waals surface area contributed by atoms with Gasteiger partial charge in [-0.05, 0) is 49.9 Å². The van der Waals surface area contributed by atoms with Crippen LogP contribution < -0.4 is 20.1 Å². The molecule has 0 radical (unpaired) electrons. The van der Waals surface area contributed by atoms with Crippen LogP contribution in [0.5, 0.6) is 17.4 Å². The normalized spacial score (nSPS) is 12.3. The lowest BCUT2D eigenvalue weighted by Gasteiger charge is -2.11. The fourth-order valence-corrected chi connectivity index (χ4v) is 2.47. The summed E-state index contributed by atoms with van der Waals surface area (Å²) in [4.78, 5) is 16.1. The van der Waals surface area contributed by atoms with Crippen molar-refractivity contribution in [2.24, 2.45) is 5.92 Å². The molecule has 0 saturated heterocycles. The Labute approximate surface area is 178 Å². The summed E-state index contributed by atoms with van der Waals surface area (Å²) >= 11 is 0. The summed E-state index contributed by atoms with van der Waals surface area (Å²) in [5.74, 6) is 2.57. The van der Waals surface area contributed by atoms with Crippen LogP contribution in [0.3, 0.4) is 0 Å². The Morgan fingerprint density at radius 1 is 1.14 bits per heavy atom. The van der Waals surface area contributed by atoms with Crippen LogP contribution in [0.2, 0.25) is 0 Å². The summed E-state index contributed by atoms with van der Waals surface area (Å²) in [5.41, 5.74) is 0.922. The quantitative estimate of drug-likeness (QED) is 0.604. The fraction of sp³-hybridized carbons (Fsp3) is 0.400. The van der Waals surface area contributed by atoms with Crippen LogP contribution in [-0.4, -0.2) is 30.6 Å². The van der Waals surface area contributed by atoms with E-state index in [0.29, 0.717) is 37.1 Å². The molecule has 1 heterocycles. The molecule has 1 fully saturated rings. The predicted molar refractivity (Wildman–Crippen MR) is 114 cm³/mol. The summed E-state index contributed by atoms with van der Waals surface area (Å²) in [6.45, 7) is 4.25. The summed E-state index contributed by atoms with van der Waals surface area (Å²) < 4.78 is 11.3. The van der Waals surface area contributed by atoms with Gasteiger partial charge < -0.3 is 20.1 Å². The van der Waals surface area contributed by atoms with Gasteiger partial charge in [-0.15, -0.1) is 24.8 Å². The number of nitrogens with zero attached hydrogens (tertiary/aromatic N) is 1. The molecule has 1 aromatic heterocycles. The smallest absolute Gasteiger partial charge is 0.234 e. The fourth-order valence-electron chi connectivity index (χ4n) is 2.47. The number of rotatable bonds is 10. The number of hydrogen-bond donors (Lipinski definition) is 2. The number of aromatic nitrogens is 1. The molecule has 0 atom stereocenters. The lowest BCUT2D eigenvalue weighted by molar-refractivity contribution is -0.120. The van der Waals surface area contributed by atoms with E-state index >= 15 is 0 Å². The third-order valence-corrected chi connectivity index (χ3v) is 4.07. The molecule has 0 aliphatic heterocycles. The molecule has 154 valence electrons. The number of pyridine rings is 1. The van der Waals surface area contributed by atoms with Crippen LogP contribution in [0.4, 0.5) is 0 Å². The molecule has 6 nitrogen and oxygen atoms in total. The number of nitrogens with one attached hydrogen (secondary N) is 2. The molecule has 28 heavy (non-hydrogen) atoms. The van der Waals surface area contributed by atoms with Crippen molar-refractivity contribution in [2.75, 3.05) is 19.7 Å². The molecule has 1 amide bonds. The number of amides is 1. The molecule has 0 bridgehead atoms. The second-order valence-corrected chi connectivity index (χ2v) is 6.34. The van der Waals surface area contributed by atoms with E-state index in [0.717, 1.165) is 18.0 Å². The Hall–Kier alpha value is -2.02. The molecule has 3 rings (SSSR count).